The highest BCUT2D eigenvalue weighted by atomic mass is 35.5. The minimum absolute atomic E-state index is 0. The number of carbonyl (C=O) groups is 1. The van der Waals surface area contributed by atoms with Gasteiger partial charge in [-0.1, -0.05) is 13.0 Å². The van der Waals surface area contributed by atoms with Gasteiger partial charge in [0, 0.05) is 30.9 Å². The second-order valence-electron chi connectivity index (χ2n) is 4.75. The molecule has 3 nitrogen and oxygen atoms in total. The lowest BCUT2D eigenvalue weighted by Crippen LogP contribution is -2.32. The van der Waals surface area contributed by atoms with E-state index in [-0.39, 0.29) is 18.3 Å². The number of halogens is 1. The highest BCUT2D eigenvalue weighted by molar-refractivity contribution is 5.97. The molecule has 106 valence electrons. The molecule has 1 aliphatic heterocycles. The van der Waals surface area contributed by atoms with Crippen molar-refractivity contribution < 1.29 is 4.79 Å². The minimum Gasteiger partial charge on any atom is -0.385 e. The van der Waals surface area contributed by atoms with Gasteiger partial charge in [0.1, 0.15) is 0 Å². The van der Waals surface area contributed by atoms with Crippen molar-refractivity contribution in [2.75, 3.05) is 25.0 Å². The number of amides is 1. The van der Waals surface area contributed by atoms with Crippen molar-refractivity contribution >= 4 is 24.0 Å². The Hall–Kier alpha value is -1.22. The van der Waals surface area contributed by atoms with Crippen LogP contribution in [0.2, 0.25) is 0 Å². The maximum atomic E-state index is 12.5. The summed E-state index contributed by atoms with van der Waals surface area (Å²) in [6, 6.07) is 6.01. The van der Waals surface area contributed by atoms with E-state index in [4.69, 9.17) is 0 Å². The van der Waals surface area contributed by atoms with Gasteiger partial charge in [-0.15, -0.1) is 12.4 Å². The average molecular weight is 283 g/mol. The molecule has 4 heteroatoms. The molecule has 0 unspecified atom stereocenters. The van der Waals surface area contributed by atoms with Crippen LogP contribution >= 0.6 is 12.4 Å². The highest BCUT2D eigenvalue weighted by Crippen LogP contribution is 2.26. The molecular formula is C15H23ClN2O. The zero-order valence-electron chi connectivity index (χ0n) is 11.7. The molecule has 0 bridgehead atoms. The van der Waals surface area contributed by atoms with Crippen molar-refractivity contribution in [1.29, 1.82) is 0 Å². The molecule has 0 saturated carbocycles. The third-order valence-corrected chi connectivity index (χ3v) is 3.49. The minimum atomic E-state index is 0. The molecule has 0 aliphatic carbocycles. The van der Waals surface area contributed by atoms with Gasteiger partial charge in [0.05, 0.1) is 0 Å². The lowest BCUT2D eigenvalue weighted by molar-refractivity contribution is 0.0763. The number of anilines is 1. The zero-order valence-corrected chi connectivity index (χ0v) is 12.6. The van der Waals surface area contributed by atoms with E-state index in [0.29, 0.717) is 0 Å². The van der Waals surface area contributed by atoms with E-state index in [1.807, 2.05) is 24.0 Å². The average Bonchev–Trinajstić information content (AvgIpc) is 2.43. The van der Waals surface area contributed by atoms with Crippen LogP contribution in [0.15, 0.2) is 18.2 Å². The molecule has 1 aliphatic rings. The molecule has 0 atom stereocenters. The van der Waals surface area contributed by atoms with Crippen molar-refractivity contribution in [3.8, 4) is 0 Å². The van der Waals surface area contributed by atoms with Crippen molar-refractivity contribution in [3.63, 3.8) is 0 Å². The quantitative estimate of drug-likeness (QED) is 0.919. The van der Waals surface area contributed by atoms with Gasteiger partial charge >= 0.3 is 0 Å². The van der Waals surface area contributed by atoms with E-state index in [1.165, 1.54) is 5.56 Å². The molecule has 1 amide bonds. The van der Waals surface area contributed by atoms with Gasteiger partial charge in [-0.3, -0.25) is 4.79 Å². The van der Waals surface area contributed by atoms with Gasteiger partial charge in [0.2, 0.25) is 0 Å². The van der Waals surface area contributed by atoms with Gasteiger partial charge in [-0.2, -0.15) is 0 Å². The van der Waals surface area contributed by atoms with Gasteiger partial charge in [0.15, 0.2) is 0 Å². The van der Waals surface area contributed by atoms with Crippen molar-refractivity contribution in [2.24, 2.45) is 0 Å². The Kier molecular flexibility index (Phi) is 6.16. The lowest BCUT2D eigenvalue weighted by Gasteiger charge is -2.25. The van der Waals surface area contributed by atoms with Crippen LogP contribution in [0.25, 0.3) is 0 Å². The zero-order chi connectivity index (χ0) is 13.0. The maximum absolute atomic E-state index is 12.5. The van der Waals surface area contributed by atoms with Gasteiger partial charge in [-0.05, 0) is 43.9 Å². The van der Waals surface area contributed by atoms with Crippen LogP contribution < -0.4 is 5.32 Å². The van der Waals surface area contributed by atoms with E-state index in [1.54, 1.807) is 0 Å². The Morgan fingerprint density at radius 2 is 2.16 bits per heavy atom. The summed E-state index contributed by atoms with van der Waals surface area (Å²) in [7, 11) is 0. The number of nitrogens with one attached hydrogen (secondary N) is 1. The molecule has 2 rings (SSSR count). The first kappa shape index (κ1) is 15.8. The molecule has 1 heterocycles. The Labute approximate surface area is 121 Å². The van der Waals surface area contributed by atoms with E-state index >= 15 is 0 Å². The van der Waals surface area contributed by atoms with E-state index in [2.05, 4.69) is 18.3 Å². The largest absolute Gasteiger partial charge is 0.385 e. The predicted octanol–water partition coefficient (Wildman–Crippen LogP) is 3.34. The Morgan fingerprint density at radius 1 is 1.37 bits per heavy atom. The molecule has 0 spiro atoms. The SMILES string of the molecule is CCCN(CC)C(=O)c1cccc2c1CCCN2.Cl. The predicted molar refractivity (Wildman–Crippen MR) is 82.4 cm³/mol. The van der Waals surface area contributed by atoms with Gasteiger partial charge < -0.3 is 10.2 Å². The van der Waals surface area contributed by atoms with Crippen LogP contribution in [0.5, 0.6) is 0 Å². The normalized spacial score (nSPS) is 12.9. The molecule has 1 N–H and O–H groups in total. The number of nitrogens with zero attached hydrogens (tertiary/aromatic N) is 1. The maximum Gasteiger partial charge on any atom is 0.254 e. The summed E-state index contributed by atoms with van der Waals surface area (Å²) in [6.07, 6.45) is 3.12. The summed E-state index contributed by atoms with van der Waals surface area (Å²) in [5, 5.41) is 3.38. The monoisotopic (exact) mass is 282 g/mol. The Bertz CT molecular complexity index is 434. The van der Waals surface area contributed by atoms with Crippen LogP contribution in [0, 0.1) is 0 Å². The number of hydrogen-bond acceptors (Lipinski definition) is 2. The summed E-state index contributed by atoms with van der Waals surface area (Å²) in [5.41, 5.74) is 3.22. The van der Waals surface area contributed by atoms with Crippen molar-refractivity contribution in [3.05, 3.63) is 29.3 Å². The molecule has 0 radical (unpaired) electrons. The smallest absolute Gasteiger partial charge is 0.254 e. The van der Waals surface area contributed by atoms with E-state index < -0.39 is 0 Å². The van der Waals surface area contributed by atoms with E-state index in [0.717, 1.165) is 50.1 Å². The molecule has 1 aromatic carbocycles. The molecule has 19 heavy (non-hydrogen) atoms. The second-order valence-corrected chi connectivity index (χ2v) is 4.75. The Morgan fingerprint density at radius 3 is 2.84 bits per heavy atom. The third kappa shape index (κ3) is 3.41. The van der Waals surface area contributed by atoms with Crippen LogP contribution in [0.1, 0.15) is 42.6 Å². The second kappa shape index (κ2) is 7.39. The fraction of sp³-hybridized carbons (Fsp3) is 0.533. The first-order valence-corrected chi connectivity index (χ1v) is 6.93. The molecule has 1 aromatic rings. The number of benzene rings is 1. The van der Waals surface area contributed by atoms with Crippen molar-refractivity contribution in [1.82, 2.24) is 4.90 Å². The lowest BCUT2D eigenvalue weighted by atomic mass is 9.97. The third-order valence-electron chi connectivity index (χ3n) is 3.49. The van der Waals surface area contributed by atoms with Crippen LogP contribution in [0.3, 0.4) is 0 Å². The first-order chi connectivity index (χ1) is 8.77. The number of hydrogen-bond donors (Lipinski definition) is 1. The molecule has 0 aromatic heterocycles. The number of carbonyl (C=O) groups excluding carboxylic acids is 1. The molecular weight excluding hydrogens is 260 g/mol. The Balaban J connectivity index is 0.00000180. The molecule has 0 saturated heterocycles. The standard InChI is InChI=1S/C15H22N2O.ClH/c1-3-11-17(4-2)15(18)13-7-5-9-14-12(13)8-6-10-16-14;/h5,7,9,16H,3-4,6,8,10-11H2,1-2H3;1H. The number of fused-ring (bicyclic) bond motifs is 1. The summed E-state index contributed by atoms with van der Waals surface area (Å²) in [4.78, 5) is 14.5. The summed E-state index contributed by atoms with van der Waals surface area (Å²) in [5.74, 6) is 0.180. The van der Waals surface area contributed by atoms with Crippen LogP contribution in [0.4, 0.5) is 5.69 Å². The van der Waals surface area contributed by atoms with Crippen LogP contribution in [-0.2, 0) is 6.42 Å². The van der Waals surface area contributed by atoms with Crippen LogP contribution in [-0.4, -0.2) is 30.4 Å². The fourth-order valence-corrected chi connectivity index (χ4v) is 2.55. The van der Waals surface area contributed by atoms with E-state index in [9.17, 15) is 4.79 Å². The van der Waals surface area contributed by atoms with Gasteiger partial charge in [-0.25, -0.2) is 0 Å². The summed E-state index contributed by atoms with van der Waals surface area (Å²) in [6.45, 7) is 6.78. The van der Waals surface area contributed by atoms with Gasteiger partial charge in [0.25, 0.3) is 5.91 Å². The highest BCUT2D eigenvalue weighted by Gasteiger charge is 2.20. The first-order valence-electron chi connectivity index (χ1n) is 6.93. The topological polar surface area (TPSA) is 32.3 Å². The number of rotatable bonds is 4. The summed E-state index contributed by atoms with van der Waals surface area (Å²) >= 11 is 0. The fourth-order valence-electron chi connectivity index (χ4n) is 2.55. The summed E-state index contributed by atoms with van der Waals surface area (Å²) < 4.78 is 0. The molecule has 0 fully saturated rings. The van der Waals surface area contributed by atoms with Crippen molar-refractivity contribution in [2.45, 2.75) is 33.1 Å².